The van der Waals surface area contributed by atoms with Crippen LogP contribution >= 0.6 is 0 Å². The van der Waals surface area contributed by atoms with E-state index in [-0.39, 0.29) is 11.6 Å². The maximum Gasteiger partial charge on any atom is 0.416 e. The average molecular weight is 426 g/mol. The minimum atomic E-state index is -4.53. The second-order valence-corrected chi connectivity index (χ2v) is 6.86. The number of amides is 3. The third-order valence-corrected chi connectivity index (χ3v) is 4.81. The first-order valence-electron chi connectivity index (χ1n) is 9.42. The van der Waals surface area contributed by atoms with E-state index in [1.807, 2.05) is 30.3 Å². The molecule has 0 aliphatic carbocycles. The minimum Gasteiger partial charge on any atom is -0.321 e. The molecule has 2 aromatic carbocycles. The number of alkyl halides is 3. The molecule has 0 bridgehead atoms. The van der Waals surface area contributed by atoms with E-state index in [0.29, 0.717) is 24.6 Å². The van der Waals surface area contributed by atoms with Gasteiger partial charge in [0, 0.05) is 24.3 Å². The summed E-state index contributed by atoms with van der Waals surface area (Å²) in [6.45, 7) is 0.967. The van der Waals surface area contributed by atoms with Gasteiger partial charge in [-0.25, -0.2) is 9.78 Å². The molecule has 0 spiro atoms. The van der Waals surface area contributed by atoms with Crippen LogP contribution in [0.4, 0.5) is 35.2 Å². The van der Waals surface area contributed by atoms with E-state index >= 15 is 0 Å². The van der Waals surface area contributed by atoms with Crippen LogP contribution in [0.15, 0.2) is 72.9 Å². The Balaban J connectivity index is 1.44. The summed E-state index contributed by atoms with van der Waals surface area (Å²) in [5.41, 5.74) is 0.0777. The number of pyridine rings is 1. The van der Waals surface area contributed by atoms with Gasteiger partial charge in [0.05, 0.1) is 17.4 Å². The molecule has 158 valence electrons. The van der Waals surface area contributed by atoms with Gasteiger partial charge in [-0.1, -0.05) is 24.3 Å². The predicted molar refractivity (Wildman–Crippen MR) is 110 cm³/mol. The zero-order valence-corrected chi connectivity index (χ0v) is 16.1. The van der Waals surface area contributed by atoms with Gasteiger partial charge in [-0.3, -0.25) is 14.6 Å². The van der Waals surface area contributed by atoms with Gasteiger partial charge in [0.15, 0.2) is 0 Å². The normalized spacial score (nSPS) is 14.1. The molecule has 1 N–H and O–H groups in total. The third kappa shape index (κ3) is 4.35. The van der Waals surface area contributed by atoms with Gasteiger partial charge in [-0.05, 0) is 42.5 Å². The first-order valence-corrected chi connectivity index (χ1v) is 9.42. The SMILES string of the molecule is O=C(Nc1ccc(N2CCN(c3ccccc3)C2=O)nc1)c1cccc(C(F)(F)F)c1. The van der Waals surface area contributed by atoms with Gasteiger partial charge in [-0.15, -0.1) is 0 Å². The number of urea groups is 1. The van der Waals surface area contributed by atoms with Crippen LogP contribution < -0.4 is 15.1 Å². The molecule has 0 atom stereocenters. The number of halogens is 3. The number of hydrogen-bond donors (Lipinski definition) is 1. The first-order chi connectivity index (χ1) is 14.8. The molecule has 9 heteroatoms. The van der Waals surface area contributed by atoms with Crippen molar-refractivity contribution in [3.05, 3.63) is 84.1 Å². The molecule has 1 aromatic heterocycles. The molecule has 3 amide bonds. The van der Waals surface area contributed by atoms with E-state index in [1.165, 1.54) is 23.2 Å². The monoisotopic (exact) mass is 426 g/mol. The summed E-state index contributed by atoms with van der Waals surface area (Å²) in [6.07, 6.45) is -3.17. The Hall–Kier alpha value is -3.88. The highest BCUT2D eigenvalue weighted by Crippen LogP contribution is 2.30. The zero-order valence-electron chi connectivity index (χ0n) is 16.1. The van der Waals surface area contributed by atoms with Crippen molar-refractivity contribution in [1.29, 1.82) is 0 Å². The van der Waals surface area contributed by atoms with E-state index in [2.05, 4.69) is 10.3 Å². The maximum absolute atomic E-state index is 12.8. The number of para-hydroxylation sites is 1. The summed E-state index contributed by atoms with van der Waals surface area (Å²) in [5.74, 6) is -0.270. The molecular weight excluding hydrogens is 409 g/mol. The molecule has 31 heavy (non-hydrogen) atoms. The average Bonchev–Trinajstić information content (AvgIpc) is 3.15. The lowest BCUT2D eigenvalue weighted by atomic mass is 10.1. The summed E-state index contributed by atoms with van der Waals surface area (Å²) >= 11 is 0. The van der Waals surface area contributed by atoms with E-state index in [0.717, 1.165) is 17.8 Å². The van der Waals surface area contributed by atoms with Crippen molar-refractivity contribution in [2.75, 3.05) is 28.2 Å². The van der Waals surface area contributed by atoms with Crippen molar-refractivity contribution in [2.24, 2.45) is 0 Å². The largest absolute Gasteiger partial charge is 0.416 e. The van der Waals surface area contributed by atoms with Crippen LogP contribution in [0.2, 0.25) is 0 Å². The molecule has 4 rings (SSSR count). The molecule has 1 saturated heterocycles. The number of benzene rings is 2. The van der Waals surface area contributed by atoms with Crippen LogP contribution in [-0.4, -0.2) is 30.0 Å². The number of rotatable bonds is 4. The van der Waals surface area contributed by atoms with Crippen LogP contribution in [0, 0.1) is 0 Å². The number of anilines is 3. The highest BCUT2D eigenvalue weighted by atomic mass is 19.4. The Morgan fingerprint density at radius 2 is 1.68 bits per heavy atom. The van der Waals surface area contributed by atoms with Gasteiger partial charge in [0.25, 0.3) is 5.91 Å². The zero-order chi connectivity index (χ0) is 22.0. The summed E-state index contributed by atoms with van der Waals surface area (Å²) in [5, 5.41) is 2.52. The lowest BCUT2D eigenvalue weighted by molar-refractivity contribution is -0.137. The molecule has 0 radical (unpaired) electrons. The fraction of sp³-hybridized carbons (Fsp3) is 0.136. The van der Waals surface area contributed by atoms with Gasteiger partial charge in [0.1, 0.15) is 5.82 Å². The molecule has 2 heterocycles. The topological polar surface area (TPSA) is 65.5 Å². The fourth-order valence-corrected chi connectivity index (χ4v) is 3.26. The van der Waals surface area contributed by atoms with Crippen LogP contribution in [0.5, 0.6) is 0 Å². The molecule has 3 aromatic rings. The molecule has 0 saturated carbocycles. The van der Waals surface area contributed by atoms with Crippen LogP contribution in [0.25, 0.3) is 0 Å². The first kappa shape index (κ1) is 20.4. The number of nitrogens with zero attached hydrogens (tertiary/aromatic N) is 3. The Bertz CT molecular complexity index is 1100. The van der Waals surface area contributed by atoms with Gasteiger partial charge < -0.3 is 5.32 Å². The van der Waals surface area contributed by atoms with Crippen molar-refractivity contribution in [2.45, 2.75) is 6.18 Å². The Morgan fingerprint density at radius 1 is 0.935 bits per heavy atom. The van der Waals surface area contributed by atoms with Crippen molar-refractivity contribution in [3.63, 3.8) is 0 Å². The summed E-state index contributed by atoms with van der Waals surface area (Å²) in [4.78, 5) is 32.4. The number of hydrogen-bond acceptors (Lipinski definition) is 3. The second kappa shape index (κ2) is 8.10. The number of carbonyl (C=O) groups excluding carboxylic acids is 2. The van der Waals surface area contributed by atoms with E-state index < -0.39 is 17.6 Å². The van der Waals surface area contributed by atoms with Crippen molar-refractivity contribution < 1.29 is 22.8 Å². The third-order valence-electron chi connectivity index (χ3n) is 4.81. The van der Waals surface area contributed by atoms with E-state index in [4.69, 9.17) is 0 Å². The molecule has 1 aliphatic heterocycles. The standard InChI is InChI=1S/C22H17F3N4O2/c23-22(24,25)16-6-4-5-15(13-16)20(30)27-17-9-10-19(26-14-17)29-12-11-28(21(29)31)18-7-2-1-3-8-18/h1-10,13-14H,11-12H2,(H,27,30). The smallest absolute Gasteiger partial charge is 0.321 e. The molecule has 1 aliphatic rings. The quantitative estimate of drug-likeness (QED) is 0.652. The van der Waals surface area contributed by atoms with E-state index in [1.54, 1.807) is 17.0 Å². The van der Waals surface area contributed by atoms with Crippen LogP contribution in [0.3, 0.4) is 0 Å². The highest BCUT2D eigenvalue weighted by Gasteiger charge is 2.32. The van der Waals surface area contributed by atoms with Gasteiger partial charge in [-0.2, -0.15) is 13.2 Å². The molecule has 0 unspecified atom stereocenters. The predicted octanol–water partition coefficient (Wildman–Crippen LogP) is 4.80. The second-order valence-electron chi connectivity index (χ2n) is 6.86. The Labute approximate surface area is 175 Å². The maximum atomic E-state index is 12.8. The Kier molecular flexibility index (Phi) is 5.33. The van der Waals surface area contributed by atoms with Gasteiger partial charge in [0.2, 0.25) is 0 Å². The van der Waals surface area contributed by atoms with E-state index in [9.17, 15) is 22.8 Å². The summed E-state index contributed by atoms with van der Waals surface area (Å²) in [7, 11) is 0. The van der Waals surface area contributed by atoms with Crippen LogP contribution in [0.1, 0.15) is 15.9 Å². The highest BCUT2D eigenvalue weighted by molar-refractivity contribution is 6.06. The summed E-state index contributed by atoms with van der Waals surface area (Å²) in [6, 6.07) is 16.4. The van der Waals surface area contributed by atoms with Crippen molar-refractivity contribution >= 4 is 29.1 Å². The van der Waals surface area contributed by atoms with Crippen molar-refractivity contribution in [3.8, 4) is 0 Å². The molecular formula is C22H17F3N4O2. The Morgan fingerprint density at radius 3 is 2.35 bits per heavy atom. The molecule has 6 nitrogen and oxygen atoms in total. The minimum absolute atomic E-state index is 0.118. The molecule has 1 fully saturated rings. The van der Waals surface area contributed by atoms with Crippen molar-refractivity contribution in [1.82, 2.24) is 4.98 Å². The number of carbonyl (C=O) groups is 2. The lowest BCUT2D eigenvalue weighted by Crippen LogP contribution is -2.32. The van der Waals surface area contributed by atoms with Gasteiger partial charge >= 0.3 is 12.2 Å². The lowest BCUT2D eigenvalue weighted by Gasteiger charge is -2.18. The summed E-state index contributed by atoms with van der Waals surface area (Å²) < 4.78 is 38.5. The van der Waals surface area contributed by atoms with Crippen LogP contribution in [-0.2, 0) is 6.18 Å². The number of aromatic nitrogens is 1. The number of nitrogens with one attached hydrogen (secondary N) is 1. The fourth-order valence-electron chi connectivity index (χ4n) is 3.26.